The molecule has 1 aromatic rings. The number of aliphatic imine (C=N–C) groups is 1. The van der Waals surface area contributed by atoms with Gasteiger partial charge in [0.1, 0.15) is 12.1 Å². The summed E-state index contributed by atoms with van der Waals surface area (Å²) in [5, 5.41) is 14.4. The number of nitrogens with zero attached hydrogens (tertiary/aromatic N) is 2. The maximum absolute atomic E-state index is 12.6. The molecule has 1 aromatic heterocycles. The molecule has 0 aliphatic carbocycles. The van der Waals surface area contributed by atoms with E-state index in [1.807, 2.05) is 0 Å². The van der Waals surface area contributed by atoms with Crippen LogP contribution in [0.2, 0.25) is 0 Å². The highest BCUT2D eigenvalue weighted by atomic mass is 16.4. The van der Waals surface area contributed by atoms with Crippen LogP contribution in [0.1, 0.15) is 32.4 Å². The topological polar surface area (TPSA) is 215 Å². The normalized spacial score (nSPS) is 13.9. The summed E-state index contributed by atoms with van der Waals surface area (Å²) in [5.41, 5.74) is 16.9. The number of hydrogen-bond acceptors (Lipinski definition) is 6. The average Bonchev–Trinajstić information content (AvgIpc) is 3.14. The lowest BCUT2D eigenvalue weighted by Gasteiger charge is -2.25. The number of nitrogens with one attached hydrogen (secondary N) is 3. The van der Waals surface area contributed by atoms with Gasteiger partial charge in [0, 0.05) is 24.9 Å². The van der Waals surface area contributed by atoms with Gasteiger partial charge in [0.15, 0.2) is 5.96 Å². The number of hydrogen-bond donors (Lipinski definition) is 7. The molecule has 162 valence electrons. The van der Waals surface area contributed by atoms with Crippen LogP contribution in [-0.2, 0) is 20.8 Å². The Morgan fingerprint density at radius 2 is 1.93 bits per heavy atom. The molecule has 12 nitrogen and oxygen atoms in total. The molecular weight excluding hydrogens is 380 g/mol. The van der Waals surface area contributed by atoms with Crippen molar-refractivity contribution in [3.63, 3.8) is 0 Å². The van der Waals surface area contributed by atoms with E-state index in [2.05, 4.69) is 25.6 Å². The predicted octanol–water partition coefficient (Wildman–Crippen LogP) is -1.96. The Labute approximate surface area is 168 Å². The molecule has 0 fully saturated rings. The summed E-state index contributed by atoms with van der Waals surface area (Å²) in [7, 11) is 0. The molecule has 29 heavy (non-hydrogen) atoms. The Hall–Kier alpha value is -3.15. The first-order valence-corrected chi connectivity index (χ1v) is 9.23. The molecule has 1 rings (SSSR count). The lowest BCUT2D eigenvalue weighted by atomic mass is 10.0. The minimum atomic E-state index is -1.20. The van der Waals surface area contributed by atoms with Gasteiger partial charge in [-0.25, -0.2) is 9.78 Å². The molecule has 0 bridgehead atoms. The fraction of sp³-hybridized carbons (Fsp3) is 0.588. The molecule has 0 spiro atoms. The molecule has 12 heteroatoms. The zero-order chi connectivity index (χ0) is 22.0. The standard InChI is InChI=1S/C17H30N8O4/c1-9(2)13(25-14(26)11(18)4-3-5-22-17(19)20)15(27)24-12(16(28)29)6-10-7-21-8-23-10/h7-9,11-13H,3-6,18H2,1-2H3,(H,21,23)(H,24,27)(H,25,26)(H,28,29)(H4,19,20,22)/t11-,12-,13-/m0/s1. The van der Waals surface area contributed by atoms with Gasteiger partial charge in [-0.1, -0.05) is 13.8 Å². The SMILES string of the molecule is CC(C)[C@H](NC(=O)[C@@H](N)CCCN=C(N)N)C(=O)N[C@@H](Cc1cnc[nH]1)C(=O)O. The number of carbonyl (C=O) groups is 3. The van der Waals surface area contributed by atoms with E-state index in [9.17, 15) is 19.5 Å². The van der Waals surface area contributed by atoms with Crippen LogP contribution in [0.15, 0.2) is 17.5 Å². The average molecular weight is 410 g/mol. The number of rotatable bonds is 12. The largest absolute Gasteiger partial charge is 0.480 e. The number of imidazole rings is 1. The fourth-order valence-electron chi connectivity index (χ4n) is 2.52. The van der Waals surface area contributed by atoms with E-state index in [1.54, 1.807) is 13.8 Å². The number of carboxylic acids is 1. The molecule has 1 heterocycles. The molecular formula is C17H30N8O4. The third kappa shape index (κ3) is 8.60. The van der Waals surface area contributed by atoms with Gasteiger partial charge in [-0.2, -0.15) is 0 Å². The van der Waals surface area contributed by atoms with Crippen LogP contribution in [0.5, 0.6) is 0 Å². The van der Waals surface area contributed by atoms with Crippen molar-refractivity contribution in [2.75, 3.05) is 6.54 Å². The molecule has 2 amide bonds. The van der Waals surface area contributed by atoms with Crippen molar-refractivity contribution in [1.29, 1.82) is 0 Å². The van der Waals surface area contributed by atoms with Crippen molar-refractivity contribution in [3.05, 3.63) is 18.2 Å². The first kappa shape index (κ1) is 23.9. The van der Waals surface area contributed by atoms with Crippen LogP contribution in [0, 0.1) is 5.92 Å². The maximum atomic E-state index is 12.6. The number of nitrogens with two attached hydrogens (primary N) is 3. The van der Waals surface area contributed by atoms with E-state index in [0.717, 1.165) is 0 Å². The quantitative estimate of drug-likeness (QED) is 0.116. The number of aromatic amines is 1. The second-order valence-corrected chi connectivity index (χ2v) is 6.97. The highest BCUT2D eigenvalue weighted by molar-refractivity contribution is 5.92. The van der Waals surface area contributed by atoms with Crippen molar-refractivity contribution in [2.45, 2.75) is 51.2 Å². The lowest BCUT2D eigenvalue weighted by Crippen LogP contribution is -2.56. The molecule has 0 aromatic carbocycles. The summed E-state index contributed by atoms with van der Waals surface area (Å²) in [6, 6.07) is -2.96. The number of carbonyl (C=O) groups excluding carboxylic acids is 2. The summed E-state index contributed by atoms with van der Waals surface area (Å²) in [6.07, 6.45) is 3.75. The van der Waals surface area contributed by atoms with E-state index >= 15 is 0 Å². The van der Waals surface area contributed by atoms with Crippen molar-refractivity contribution in [3.8, 4) is 0 Å². The van der Waals surface area contributed by atoms with Crippen molar-refractivity contribution >= 4 is 23.7 Å². The molecule has 0 saturated carbocycles. The smallest absolute Gasteiger partial charge is 0.326 e. The zero-order valence-electron chi connectivity index (χ0n) is 16.6. The Morgan fingerprint density at radius 3 is 2.45 bits per heavy atom. The molecule has 0 saturated heterocycles. The van der Waals surface area contributed by atoms with Gasteiger partial charge in [0.25, 0.3) is 0 Å². The van der Waals surface area contributed by atoms with Crippen LogP contribution < -0.4 is 27.8 Å². The first-order valence-electron chi connectivity index (χ1n) is 9.23. The lowest BCUT2D eigenvalue weighted by molar-refractivity contribution is -0.142. The monoisotopic (exact) mass is 410 g/mol. The minimum Gasteiger partial charge on any atom is -0.480 e. The molecule has 3 atom stereocenters. The van der Waals surface area contributed by atoms with Gasteiger partial charge in [0.2, 0.25) is 11.8 Å². The van der Waals surface area contributed by atoms with E-state index in [0.29, 0.717) is 25.1 Å². The summed E-state index contributed by atoms with van der Waals surface area (Å²) in [6.45, 7) is 3.81. The second kappa shape index (κ2) is 11.6. The summed E-state index contributed by atoms with van der Waals surface area (Å²) < 4.78 is 0. The van der Waals surface area contributed by atoms with Crippen molar-refractivity contribution in [2.24, 2.45) is 28.1 Å². The van der Waals surface area contributed by atoms with E-state index < -0.39 is 35.9 Å². The first-order chi connectivity index (χ1) is 13.6. The van der Waals surface area contributed by atoms with Gasteiger partial charge in [-0.15, -0.1) is 0 Å². The third-order valence-electron chi connectivity index (χ3n) is 4.14. The van der Waals surface area contributed by atoms with Gasteiger partial charge < -0.3 is 37.9 Å². The Balaban J connectivity index is 2.67. The van der Waals surface area contributed by atoms with Crippen LogP contribution in [0.3, 0.4) is 0 Å². The van der Waals surface area contributed by atoms with Gasteiger partial charge >= 0.3 is 5.97 Å². The maximum Gasteiger partial charge on any atom is 0.326 e. The number of carboxylic acid groups (broad SMARTS) is 1. The zero-order valence-corrected chi connectivity index (χ0v) is 16.6. The van der Waals surface area contributed by atoms with Crippen molar-refractivity contribution < 1.29 is 19.5 Å². The summed E-state index contributed by atoms with van der Waals surface area (Å²) in [4.78, 5) is 46.9. The van der Waals surface area contributed by atoms with Crippen LogP contribution in [0.4, 0.5) is 0 Å². The molecule has 0 aliphatic rings. The number of guanidine groups is 1. The van der Waals surface area contributed by atoms with Crippen LogP contribution in [-0.4, -0.2) is 63.5 Å². The fourth-order valence-corrected chi connectivity index (χ4v) is 2.52. The Morgan fingerprint density at radius 1 is 1.24 bits per heavy atom. The van der Waals surface area contributed by atoms with E-state index in [4.69, 9.17) is 17.2 Å². The molecule has 0 unspecified atom stereocenters. The van der Waals surface area contributed by atoms with Crippen LogP contribution >= 0.6 is 0 Å². The van der Waals surface area contributed by atoms with Gasteiger partial charge in [0.05, 0.1) is 12.4 Å². The number of aromatic nitrogens is 2. The highest BCUT2D eigenvalue weighted by Gasteiger charge is 2.30. The number of aliphatic carboxylic acids is 1. The number of H-pyrrole nitrogens is 1. The second-order valence-electron chi connectivity index (χ2n) is 6.97. The summed E-state index contributed by atoms with van der Waals surface area (Å²) in [5.74, 6) is -2.63. The van der Waals surface area contributed by atoms with Gasteiger partial charge in [-0.3, -0.25) is 14.6 Å². The summed E-state index contributed by atoms with van der Waals surface area (Å²) >= 11 is 0. The van der Waals surface area contributed by atoms with E-state index in [-0.39, 0.29) is 18.3 Å². The predicted molar refractivity (Wildman–Crippen MR) is 107 cm³/mol. The Kier molecular flexibility index (Phi) is 9.59. The minimum absolute atomic E-state index is 0.0319. The highest BCUT2D eigenvalue weighted by Crippen LogP contribution is 2.06. The van der Waals surface area contributed by atoms with Gasteiger partial charge in [-0.05, 0) is 18.8 Å². The number of amides is 2. The van der Waals surface area contributed by atoms with Crippen LogP contribution in [0.25, 0.3) is 0 Å². The van der Waals surface area contributed by atoms with E-state index in [1.165, 1.54) is 12.5 Å². The third-order valence-corrected chi connectivity index (χ3v) is 4.14. The molecule has 0 radical (unpaired) electrons. The molecule has 0 aliphatic heterocycles. The molecule has 10 N–H and O–H groups in total. The Bertz CT molecular complexity index is 700. The van der Waals surface area contributed by atoms with Crippen molar-refractivity contribution in [1.82, 2.24) is 20.6 Å².